The van der Waals surface area contributed by atoms with Gasteiger partial charge in [0.15, 0.2) is 0 Å². The number of hydrogen-bond acceptors (Lipinski definition) is 5. The Labute approximate surface area is 188 Å². The van der Waals surface area contributed by atoms with Crippen LogP contribution in [-0.2, 0) is 4.74 Å². The van der Waals surface area contributed by atoms with E-state index in [2.05, 4.69) is 15.3 Å². The molecular weight excluding hydrogens is 426 g/mol. The zero-order valence-corrected chi connectivity index (χ0v) is 18.0. The van der Waals surface area contributed by atoms with Crippen LogP contribution in [0.25, 0.3) is 10.4 Å². The number of carbonyl (C=O) groups is 2. The van der Waals surface area contributed by atoms with Gasteiger partial charge in [-0.3, -0.25) is 9.59 Å². The molecule has 32 heavy (non-hydrogen) atoms. The Morgan fingerprint density at radius 2 is 1.97 bits per heavy atom. The van der Waals surface area contributed by atoms with Gasteiger partial charge in [0.2, 0.25) is 0 Å². The highest BCUT2D eigenvalue weighted by Gasteiger charge is 2.27. The largest absolute Gasteiger partial charge is 0.383 e. The van der Waals surface area contributed by atoms with Crippen molar-refractivity contribution in [1.29, 1.82) is 0 Å². The summed E-state index contributed by atoms with van der Waals surface area (Å²) in [5.41, 5.74) is 11.3. The van der Waals surface area contributed by atoms with E-state index in [1.807, 2.05) is 36.4 Å². The third kappa shape index (κ3) is 4.45. The SMILES string of the molecule is COCCN1C(=O)c2ccccc2Sc2cc(NC(=O)c3cccc(N=[N+]=[N-])c3)ccc21. The van der Waals surface area contributed by atoms with Crippen molar-refractivity contribution in [3.05, 3.63) is 88.3 Å². The Hall–Kier alpha value is -3.78. The second-order valence-electron chi connectivity index (χ2n) is 6.92. The molecule has 8 nitrogen and oxygen atoms in total. The molecule has 1 aliphatic rings. The van der Waals surface area contributed by atoms with Gasteiger partial charge in [-0.2, -0.15) is 0 Å². The van der Waals surface area contributed by atoms with Crippen molar-refractivity contribution in [2.45, 2.75) is 9.79 Å². The number of ether oxygens (including phenoxy) is 1. The van der Waals surface area contributed by atoms with Crippen molar-refractivity contribution in [2.24, 2.45) is 5.11 Å². The lowest BCUT2D eigenvalue weighted by molar-refractivity contribution is 0.0972. The Morgan fingerprint density at radius 3 is 2.78 bits per heavy atom. The quantitative estimate of drug-likeness (QED) is 0.301. The van der Waals surface area contributed by atoms with Gasteiger partial charge in [0.1, 0.15) is 0 Å². The molecule has 0 fully saturated rings. The molecule has 0 aromatic heterocycles. The van der Waals surface area contributed by atoms with E-state index in [0.29, 0.717) is 35.7 Å². The third-order valence-electron chi connectivity index (χ3n) is 4.88. The molecule has 1 aliphatic heterocycles. The molecule has 0 spiro atoms. The van der Waals surface area contributed by atoms with Gasteiger partial charge in [0.05, 0.1) is 17.9 Å². The zero-order chi connectivity index (χ0) is 22.5. The molecule has 0 aliphatic carbocycles. The second-order valence-corrected chi connectivity index (χ2v) is 8.01. The summed E-state index contributed by atoms with van der Waals surface area (Å²) in [6.07, 6.45) is 0. The standard InChI is InChI=1S/C23H19N5O3S/c1-31-12-11-28-19-10-9-16(25-22(29)15-5-4-6-17(13-15)26-27-24)14-21(19)32-20-8-3-2-7-18(20)23(28)30/h2-10,13-14H,11-12H2,1H3,(H,25,29). The lowest BCUT2D eigenvalue weighted by Gasteiger charge is -2.23. The lowest BCUT2D eigenvalue weighted by atomic mass is 10.1. The highest BCUT2D eigenvalue weighted by Crippen LogP contribution is 2.42. The molecule has 2 amide bonds. The Balaban J connectivity index is 1.67. The van der Waals surface area contributed by atoms with Gasteiger partial charge in [0.25, 0.3) is 11.8 Å². The van der Waals surface area contributed by atoms with Gasteiger partial charge in [0, 0.05) is 45.3 Å². The summed E-state index contributed by atoms with van der Waals surface area (Å²) in [7, 11) is 1.60. The van der Waals surface area contributed by atoms with Crippen LogP contribution in [0.1, 0.15) is 20.7 Å². The number of nitrogens with zero attached hydrogens (tertiary/aromatic N) is 4. The van der Waals surface area contributed by atoms with E-state index in [4.69, 9.17) is 10.3 Å². The van der Waals surface area contributed by atoms with E-state index < -0.39 is 0 Å². The Bertz CT molecular complexity index is 1240. The van der Waals surface area contributed by atoms with Crippen molar-refractivity contribution < 1.29 is 14.3 Å². The number of rotatable bonds is 6. The summed E-state index contributed by atoms with van der Waals surface area (Å²) in [5.74, 6) is -0.415. The van der Waals surface area contributed by atoms with Gasteiger partial charge in [-0.15, -0.1) is 0 Å². The highest BCUT2D eigenvalue weighted by molar-refractivity contribution is 7.99. The van der Waals surface area contributed by atoms with Gasteiger partial charge >= 0.3 is 0 Å². The summed E-state index contributed by atoms with van der Waals surface area (Å²) >= 11 is 1.48. The summed E-state index contributed by atoms with van der Waals surface area (Å²) < 4.78 is 5.20. The molecule has 3 aromatic carbocycles. The van der Waals surface area contributed by atoms with Crippen LogP contribution < -0.4 is 10.2 Å². The molecule has 3 aromatic rings. The smallest absolute Gasteiger partial charge is 0.259 e. The maximum Gasteiger partial charge on any atom is 0.259 e. The maximum atomic E-state index is 13.2. The van der Waals surface area contributed by atoms with E-state index in [1.165, 1.54) is 17.8 Å². The first-order chi connectivity index (χ1) is 15.6. The minimum absolute atomic E-state index is 0.0875. The maximum absolute atomic E-state index is 13.2. The number of carbonyl (C=O) groups excluding carboxylic acids is 2. The average Bonchev–Trinajstić information content (AvgIpc) is 2.92. The summed E-state index contributed by atoms with van der Waals surface area (Å²) in [6.45, 7) is 0.813. The Morgan fingerprint density at radius 1 is 1.12 bits per heavy atom. The molecule has 0 saturated heterocycles. The summed E-state index contributed by atoms with van der Waals surface area (Å²) in [6, 6.07) is 19.4. The molecule has 160 valence electrons. The predicted molar refractivity (Wildman–Crippen MR) is 124 cm³/mol. The molecular formula is C23H19N5O3S. The molecule has 0 bridgehead atoms. The van der Waals surface area contributed by atoms with Crippen molar-refractivity contribution in [1.82, 2.24) is 0 Å². The predicted octanol–water partition coefficient (Wildman–Crippen LogP) is 5.64. The van der Waals surface area contributed by atoms with Crippen LogP contribution in [0, 0.1) is 0 Å². The number of amides is 2. The topological polar surface area (TPSA) is 107 Å². The molecule has 1 heterocycles. The van der Waals surface area contributed by atoms with E-state index in [1.54, 1.807) is 36.3 Å². The summed E-state index contributed by atoms with van der Waals surface area (Å²) in [5, 5.41) is 6.41. The average molecular weight is 446 g/mol. The first-order valence-electron chi connectivity index (χ1n) is 9.79. The molecule has 0 atom stereocenters. The van der Waals surface area contributed by atoms with Crippen LogP contribution in [0.4, 0.5) is 17.1 Å². The van der Waals surface area contributed by atoms with Gasteiger partial charge < -0.3 is 15.0 Å². The van der Waals surface area contributed by atoms with E-state index in [0.717, 1.165) is 15.5 Å². The van der Waals surface area contributed by atoms with Crippen LogP contribution in [0.5, 0.6) is 0 Å². The van der Waals surface area contributed by atoms with Crippen molar-refractivity contribution in [3.8, 4) is 0 Å². The van der Waals surface area contributed by atoms with E-state index >= 15 is 0 Å². The van der Waals surface area contributed by atoms with Gasteiger partial charge in [-0.25, -0.2) is 0 Å². The molecule has 9 heteroatoms. The van der Waals surface area contributed by atoms with Crippen LogP contribution in [0.3, 0.4) is 0 Å². The third-order valence-corrected chi connectivity index (χ3v) is 6.00. The fraction of sp³-hybridized carbons (Fsp3) is 0.130. The number of methoxy groups -OCH3 is 1. The lowest BCUT2D eigenvalue weighted by Crippen LogP contribution is -2.33. The Kier molecular flexibility index (Phi) is 6.42. The minimum Gasteiger partial charge on any atom is -0.383 e. The fourth-order valence-corrected chi connectivity index (χ4v) is 4.49. The first-order valence-corrected chi connectivity index (χ1v) is 10.6. The van der Waals surface area contributed by atoms with E-state index in [-0.39, 0.29) is 11.8 Å². The molecule has 1 N–H and O–H groups in total. The number of anilines is 2. The summed E-state index contributed by atoms with van der Waals surface area (Å²) in [4.78, 5) is 32.1. The fourth-order valence-electron chi connectivity index (χ4n) is 3.37. The number of nitrogens with one attached hydrogen (secondary N) is 1. The second kappa shape index (κ2) is 9.57. The molecule has 4 rings (SSSR count). The molecule has 0 saturated carbocycles. The minimum atomic E-state index is -0.328. The van der Waals surface area contributed by atoms with Gasteiger partial charge in [-0.1, -0.05) is 41.1 Å². The first kappa shape index (κ1) is 21.5. The van der Waals surface area contributed by atoms with Crippen molar-refractivity contribution >= 4 is 40.6 Å². The van der Waals surface area contributed by atoms with E-state index in [9.17, 15) is 9.59 Å². The number of azide groups is 1. The van der Waals surface area contributed by atoms with Gasteiger partial charge in [-0.05, 0) is 48.0 Å². The highest BCUT2D eigenvalue weighted by atomic mass is 32.2. The molecule has 0 radical (unpaired) electrons. The number of benzene rings is 3. The number of hydrogen-bond donors (Lipinski definition) is 1. The van der Waals surface area contributed by atoms with Crippen LogP contribution >= 0.6 is 11.8 Å². The zero-order valence-electron chi connectivity index (χ0n) is 17.2. The van der Waals surface area contributed by atoms with Crippen LogP contribution in [0.2, 0.25) is 0 Å². The normalized spacial score (nSPS) is 12.3. The monoisotopic (exact) mass is 445 g/mol. The molecule has 0 unspecified atom stereocenters. The van der Waals surface area contributed by atoms with Crippen LogP contribution in [-0.4, -0.2) is 32.1 Å². The van der Waals surface area contributed by atoms with Crippen LogP contribution in [0.15, 0.2) is 81.6 Å². The van der Waals surface area contributed by atoms with Crippen molar-refractivity contribution in [3.63, 3.8) is 0 Å². The number of fused-ring (bicyclic) bond motifs is 2. The van der Waals surface area contributed by atoms with Crippen molar-refractivity contribution in [2.75, 3.05) is 30.5 Å².